The van der Waals surface area contributed by atoms with Gasteiger partial charge in [-0.25, -0.2) is 0 Å². The lowest BCUT2D eigenvalue weighted by Gasteiger charge is -2.25. The molecule has 0 radical (unpaired) electrons. The maximum atomic E-state index is 12.2. The van der Waals surface area contributed by atoms with Crippen LogP contribution in [0.4, 0.5) is 0 Å². The zero-order valence-corrected chi connectivity index (χ0v) is 11.5. The maximum absolute atomic E-state index is 12.2. The standard InChI is InChI=1S/C13H21NO3S/c1-8-6-10(11(7-8)13(16)17)12(15)14-9-2-4-18-5-3-9/h8-11H,2-7H2,1H3,(H,14,15)(H,16,17)/t8?,10-,11+/m0/s1. The predicted octanol–water partition coefficient (Wildman–Crippen LogP) is 1.75. The van der Waals surface area contributed by atoms with Crippen LogP contribution in [0.3, 0.4) is 0 Å². The monoisotopic (exact) mass is 271 g/mol. The average Bonchev–Trinajstić information content (AvgIpc) is 2.73. The van der Waals surface area contributed by atoms with Gasteiger partial charge in [0.1, 0.15) is 0 Å². The molecule has 3 atom stereocenters. The highest BCUT2D eigenvalue weighted by Crippen LogP contribution is 2.36. The van der Waals surface area contributed by atoms with Gasteiger partial charge in [-0.15, -0.1) is 0 Å². The van der Waals surface area contributed by atoms with Gasteiger partial charge in [-0.3, -0.25) is 9.59 Å². The van der Waals surface area contributed by atoms with E-state index in [1.165, 1.54) is 0 Å². The topological polar surface area (TPSA) is 66.4 Å². The number of aliphatic carboxylic acids is 1. The number of carboxylic acid groups (broad SMARTS) is 1. The average molecular weight is 271 g/mol. The molecule has 1 aliphatic carbocycles. The molecular formula is C13H21NO3S. The van der Waals surface area contributed by atoms with Gasteiger partial charge in [-0.2, -0.15) is 11.8 Å². The number of carboxylic acids is 1. The molecule has 2 rings (SSSR count). The van der Waals surface area contributed by atoms with E-state index in [4.69, 9.17) is 0 Å². The molecule has 2 N–H and O–H groups in total. The highest BCUT2D eigenvalue weighted by molar-refractivity contribution is 7.99. The van der Waals surface area contributed by atoms with Crippen LogP contribution >= 0.6 is 11.8 Å². The van der Waals surface area contributed by atoms with Crippen molar-refractivity contribution in [2.45, 2.75) is 38.6 Å². The summed E-state index contributed by atoms with van der Waals surface area (Å²) in [6.45, 7) is 2.03. The highest BCUT2D eigenvalue weighted by Gasteiger charge is 2.41. The molecule has 2 aliphatic rings. The van der Waals surface area contributed by atoms with Crippen LogP contribution in [0.25, 0.3) is 0 Å². The summed E-state index contributed by atoms with van der Waals surface area (Å²) in [6.07, 6.45) is 3.37. The van der Waals surface area contributed by atoms with E-state index in [1.54, 1.807) is 0 Å². The van der Waals surface area contributed by atoms with E-state index in [0.29, 0.717) is 18.8 Å². The number of hydrogen-bond acceptors (Lipinski definition) is 3. The molecule has 1 amide bonds. The third kappa shape index (κ3) is 3.19. The van der Waals surface area contributed by atoms with Crippen molar-refractivity contribution in [1.82, 2.24) is 5.32 Å². The van der Waals surface area contributed by atoms with Gasteiger partial charge in [0.05, 0.1) is 11.8 Å². The third-order valence-electron chi connectivity index (χ3n) is 4.02. The fraction of sp³-hybridized carbons (Fsp3) is 0.846. The Hall–Kier alpha value is -0.710. The van der Waals surface area contributed by atoms with Crippen LogP contribution in [0.5, 0.6) is 0 Å². The van der Waals surface area contributed by atoms with Crippen molar-refractivity contribution in [3.8, 4) is 0 Å². The Morgan fingerprint density at radius 2 is 1.78 bits per heavy atom. The van der Waals surface area contributed by atoms with Gasteiger partial charge in [0.15, 0.2) is 0 Å². The van der Waals surface area contributed by atoms with Gasteiger partial charge in [-0.1, -0.05) is 6.92 Å². The zero-order valence-electron chi connectivity index (χ0n) is 10.7. The number of thioether (sulfide) groups is 1. The number of hydrogen-bond donors (Lipinski definition) is 2. The van der Waals surface area contributed by atoms with Crippen molar-refractivity contribution >= 4 is 23.6 Å². The van der Waals surface area contributed by atoms with Gasteiger partial charge < -0.3 is 10.4 Å². The second-order valence-corrected chi connectivity index (χ2v) is 6.75. The van der Waals surface area contributed by atoms with Crippen molar-refractivity contribution in [3.05, 3.63) is 0 Å². The first-order valence-electron chi connectivity index (χ1n) is 6.69. The number of carbonyl (C=O) groups excluding carboxylic acids is 1. The normalized spacial score (nSPS) is 33.3. The molecule has 2 fully saturated rings. The molecule has 5 heteroatoms. The summed E-state index contributed by atoms with van der Waals surface area (Å²) in [4.78, 5) is 23.4. The van der Waals surface area contributed by atoms with Gasteiger partial charge in [-0.05, 0) is 43.1 Å². The molecule has 102 valence electrons. The Morgan fingerprint density at radius 1 is 1.17 bits per heavy atom. The van der Waals surface area contributed by atoms with Crippen LogP contribution in [0.2, 0.25) is 0 Å². The van der Waals surface area contributed by atoms with Gasteiger partial charge in [0.2, 0.25) is 5.91 Å². The van der Waals surface area contributed by atoms with Crippen molar-refractivity contribution in [3.63, 3.8) is 0 Å². The van der Waals surface area contributed by atoms with Crippen LogP contribution in [-0.2, 0) is 9.59 Å². The van der Waals surface area contributed by atoms with Crippen molar-refractivity contribution in [1.29, 1.82) is 0 Å². The van der Waals surface area contributed by atoms with Gasteiger partial charge >= 0.3 is 5.97 Å². The van der Waals surface area contributed by atoms with E-state index in [-0.39, 0.29) is 17.9 Å². The van der Waals surface area contributed by atoms with E-state index < -0.39 is 11.9 Å². The van der Waals surface area contributed by atoms with Crippen molar-refractivity contribution < 1.29 is 14.7 Å². The van der Waals surface area contributed by atoms with E-state index in [9.17, 15) is 14.7 Å². The molecule has 0 aromatic rings. The van der Waals surface area contributed by atoms with Crippen LogP contribution in [-0.4, -0.2) is 34.5 Å². The van der Waals surface area contributed by atoms with Crippen LogP contribution < -0.4 is 5.32 Å². The Bertz CT molecular complexity index is 328. The molecule has 0 aromatic heterocycles. The number of carbonyl (C=O) groups is 2. The lowest BCUT2D eigenvalue weighted by molar-refractivity contribution is -0.146. The molecule has 1 saturated carbocycles. The summed E-state index contributed by atoms with van der Waals surface area (Å²) in [6, 6.07) is 0.254. The minimum absolute atomic E-state index is 0.0383. The molecule has 0 spiro atoms. The van der Waals surface area contributed by atoms with Crippen LogP contribution in [0.1, 0.15) is 32.6 Å². The molecule has 1 aliphatic heterocycles. The molecule has 0 aromatic carbocycles. The number of rotatable bonds is 3. The Morgan fingerprint density at radius 3 is 2.39 bits per heavy atom. The summed E-state index contributed by atoms with van der Waals surface area (Å²) in [5.74, 6) is 0.846. The lowest BCUT2D eigenvalue weighted by atomic mass is 9.95. The van der Waals surface area contributed by atoms with E-state index in [2.05, 4.69) is 5.32 Å². The Labute approximate surface area is 112 Å². The summed E-state index contributed by atoms with van der Waals surface area (Å²) >= 11 is 1.92. The van der Waals surface area contributed by atoms with Crippen LogP contribution in [0.15, 0.2) is 0 Å². The summed E-state index contributed by atoms with van der Waals surface area (Å²) in [5, 5.41) is 12.2. The summed E-state index contributed by atoms with van der Waals surface area (Å²) in [7, 11) is 0. The summed E-state index contributed by atoms with van der Waals surface area (Å²) < 4.78 is 0. The van der Waals surface area contributed by atoms with E-state index in [0.717, 1.165) is 24.3 Å². The Kier molecular flexibility index (Phi) is 4.54. The second-order valence-electron chi connectivity index (χ2n) is 5.52. The van der Waals surface area contributed by atoms with Crippen molar-refractivity contribution in [2.24, 2.45) is 17.8 Å². The maximum Gasteiger partial charge on any atom is 0.307 e. The molecule has 1 unspecified atom stereocenters. The first-order chi connectivity index (χ1) is 8.58. The van der Waals surface area contributed by atoms with E-state index in [1.807, 2.05) is 18.7 Å². The van der Waals surface area contributed by atoms with E-state index >= 15 is 0 Å². The molecule has 1 saturated heterocycles. The highest BCUT2D eigenvalue weighted by atomic mass is 32.2. The fourth-order valence-electron chi connectivity index (χ4n) is 3.00. The minimum Gasteiger partial charge on any atom is -0.481 e. The van der Waals surface area contributed by atoms with Crippen LogP contribution in [0, 0.1) is 17.8 Å². The summed E-state index contributed by atoms with van der Waals surface area (Å²) in [5.41, 5.74) is 0. The Balaban J connectivity index is 1.92. The predicted molar refractivity (Wildman–Crippen MR) is 71.5 cm³/mol. The van der Waals surface area contributed by atoms with Gasteiger partial charge in [0, 0.05) is 6.04 Å². The zero-order chi connectivity index (χ0) is 13.1. The first-order valence-corrected chi connectivity index (χ1v) is 7.84. The minimum atomic E-state index is -0.821. The molecule has 1 heterocycles. The second kappa shape index (κ2) is 5.95. The lowest BCUT2D eigenvalue weighted by Crippen LogP contribution is -2.42. The fourth-order valence-corrected chi connectivity index (χ4v) is 4.11. The molecule has 18 heavy (non-hydrogen) atoms. The molecule has 4 nitrogen and oxygen atoms in total. The SMILES string of the molecule is CC1C[C@H](C(=O)NC2CCSCC2)[C@H](C(=O)O)C1. The van der Waals surface area contributed by atoms with Crippen molar-refractivity contribution in [2.75, 3.05) is 11.5 Å². The smallest absolute Gasteiger partial charge is 0.307 e. The quantitative estimate of drug-likeness (QED) is 0.820. The number of amides is 1. The number of nitrogens with one attached hydrogen (secondary N) is 1. The van der Waals surface area contributed by atoms with Gasteiger partial charge in [0.25, 0.3) is 0 Å². The molecular weight excluding hydrogens is 250 g/mol. The molecule has 0 bridgehead atoms. The first kappa shape index (κ1) is 13.7. The third-order valence-corrected chi connectivity index (χ3v) is 5.07. The largest absolute Gasteiger partial charge is 0.481 e.